The van der Waals surface area contributed by atoms with Gasteiger partial charge in [-0.2, -0.15) is 0 Å². The van der Waals surface area contributed by atoms with E-state index in [1.807, 2.05) is 0 Å². The molecule has 0 rings (SSSR count). The number of methoxy groups -OCH3 is 1. The molecule has 1 atom stereocenters. The third kappa shape index (κ3) is 4.05. The van der Waals surface area contributed by atoms with Crippen LogP contribution in [-0.4, -0.2) is 18.2 Å². The van der Waals surface area contributed by atoms with Crippen molar-refractivity contribution in [1.29, 1.82) is 0 Å². The van der Waals surface area contributed by atoms with E-state index >= 15 is 0 Å². The van der Waals surface area contributed by atoms with Gasteiger partial charge in [-0.05, 0) is 0 Å². The van der Waals surface area contributed by atoms with Crippen LogP contribution in [0.3, 0.4) is 0 Å². The first kappa shape index (κ1) is 7.88. The van der Waals surface area contributed by atoms with Crippen LogP contribution in [-0.2, 0) is 9.53 Å². The predicted molar refractivity (Wildman–Crippen MR) is 30.5 cm³/mol. The van der Waals surface area contributed by atoms with Gasteiger partial charge in [0.1, 0.15) is 0 Å². The third-order valence-corrected chi connectivity index (χ3v) is 0.872. The van der Waals surface area contributed by atoms with Crippen molar-refractivity contribution in [3.63, 3.8) is 0 Å². The maximum absolute atomic E-state index is 11.8. The average molecular weight is 185 g/mol. The van der Waals surface area contributed by atoms with Gasteiger partial charge in [0.15, 0.2) is 5.08 Å². The highest BCUT2D eigenvalue weighted by Gasteiger charge is 2.06. The van der Waals surface area contributed by atoms with Crippen LogP contribution < -0.4 is 0 Å². The van der Waals surface area contributed by atoms with Gasteiger partial charge in [0, 0.05) is 0 Å². The summed E-state index contributed by atoms with van der Waals surface area (Å²) in [5.74, 6) is -0.547. The maximum atomic E-state index is 11.8. The molecule has 48 valence electrons. The normalized spacial score (nSPS) is 12.9. The first-order valence-electron chi connectivity index (χ1n) is 2.01. The van der Waals surface area contributed by atoms with Gasteiger partial charge in [0.25, 0.3) is 0 Å². The minimum absolute atomic E-state index is 0.226. The molecule has 4 heteroatoms. The largest absolute Gasteiger partial charge is 0.469 e. The van der Waals surface area contributed by atoms with Gasteiger partial charge in [-0.1, -0.05) is 15.9 Å². The molecule has 0 aromatic heterocycles. The van der Waals surface area contributed by atoms with Crippen molar-refractivity contribution in [2.24, 2.45) is 0 Å². The van der Waals surface area contributed by atoms with Crippen molar-refractivity contribution >= 4 is 21.9 Å². The van der Waals surface area contributed by atoms with Crippen LogP contribution in [0, 0.1) is 0 Å². The molecule has 0 bridgehead atoms. The zero-order valence-corrected chi connectivity index (χ0v) is 5.94. The molecular weight excluding hydrogens is 179 g/mol. The number of hydrogen-bond acceptors (Lipinski definition) is 2. The number of carbonyl (C=O) groups excluding carboxylic acids is 1. The van der Waals surface area contributed by atoms with Gasteiger partial charge in [-0.15, -0.1) is 0 Å². The summed E-state index contributed by atoms with van der Waals surface area (Å²) in [4.78, 5) is 10.1. The minimum Gasteiger partial charge on any atom is -0.469 e. The van der Waals surface area contributed by atoms with Crippen LogP contribution in [0.25, 0.3) is 0 Å². The number of alkyl halides is 2. The Morgan fingerprint density at radius 2 is 2.50 bits per heavy atom. The highest BCUT2D eigenvalue weighted by atomic mass is 79.9. The van der Waals surface area contributed by atoms with Crippen molar-refractivity contribution in [2.45, 2.75) is 11.5 Å². The maximum Gasteiger partial charge on any atom is 0.309 e. The van der Waals surface area contributed by atoms with Gasteiger partial charge in [-0.25, -0.2) is 4.39 Å². The fourth-order valence-corrected chi connectivity index (χ4v) is 0.474. The van der Waals surface area contributed by atoms with Gasteiger partial charge >= 0.3 is 5.97 Å². The third-order valence-electron chi connectivity index (χ3n) is 0.549. The Hall–Kier alpha value is -0.120. The van der Waals surface area contributed by atoms with Crippen molar-refractivity contribution < 1.29 is 13.9 Å². The molecule has 1 unspecified atom stereocenters. The van der Waals surface area contributed by atoms with E-state index in [2.05, 4.69) is 20.7 Å². The lowest BCUT2D eigenvalue weighted by Crippen LogP contribution is -2.04. The monoisotopic (exact) mass is 184 g/mol. The van der Waals surface area contributed by atoms with Crippen molar-refractivity contribution in [2.75, 3.05) is 7.11 Å². The number of ether oxygens (including phenoxy) is 1. The lowest BCUT2D eigenvalue weighted by atomic mass is 10.5. The van der Waals surface area contributed by atoms with E-state index in [1.165, 1.54) is 7.11 Å². The molecule has 0 aliphatic heterocycles. The van der Waals surface area contributed by atoms with E-state index in [-0.39, 0.29) is 6.42 Å². The highest BCUT2D eigenvalue weighted by Crippen LogP contribution is 2.05. The fourth-order valence-electron chi connectivity index (χ4n) is 0.209. The number of esters is 1. The number of halogens is 2. The van der Waals surface area contributed by atoms with Gasteiger partial charge < -0.3 is 4.74 Å². The Kier molecular flexibility index (Phi) is 3.77. The molecule has 0 heterocycles. The Morgan fingerprint density at radius 1 is 2.00 bits per heavy atom. The van der Waals surface area contributed by atoms with Gasteiger partial charge in [-0.3, -0.25) is 4.79 Å². The summed E-state index contributed by atoms with van der Waals surface area (Å²) in [5, 5.41) is -1.28. The van der Waals surface area contributed by atoms with Gasteiger partial charge in [0.05, 0.1) is 13.5 Å². The Bertz CT molecular complexity index is 84.1. The summed E-state index contributed by atoms with van der Waals surface area (Å²) in [7, 11) is 1.22. The molecule has 0 N–H and O–H groups in total. The smallest absolute Gasteiger partial charge is 0.309 e. The van der Waals surface area contributed by atoms with Crippen LogP contribution >= 0.6 is 15.9 Å². The summed E-state index contributed by atoms with van der Waals surface area (Å²) in [6.45, 7) is 0. The van der Waals surface area contributed by atoms with Crippen LogP contribution in [0.1, 0.15) is 6.42 Å². The lowest BCUT2D eigenvalue weighted by Gasteiger charge is -1.95. The molecule has 0 fully saturated rings. The van der Waals surface area contributed by atoms with E-state index in [0.717, 1.165) is 0 Å². The molecule has 0 amide bonds. The molecule has 2 nitrogen and oxygen atoms in total. The highest BCUT2D eigenvalue weighted by molar-refractivity contribution is 9.09. The summed E-state index contributed by atoms with van der Waals surface area (Å²) in [6.07, 6.45) is -0.226. The van der Waals surface area contributed by atoms with E-state index < -0.39 is 11.1 Å². The fraction of sp³-hybridized carbons (Fsp3) is 0.750. The SMILES string of the molecule is COC(=O)CC(F)Br. The van der Waals surface area contributed by atoms with E-state index in [9.17, 15) is 9.18 Å². The second-order valence-corrected chi connectivity index (χ2v) is 2.16. The van der Waals surface area contributed by atoms with E-state index in [1.54, 1.807) is 0 Å². The zero-order valence-electron chi connectivity index (χ0n) is 4.36. The summed E-state index contributed by atoms with van der Waals surface area (Å²) < 4.78 is 15.9. The Balaban J connectivity index is 3.25. The molecule has 0 aliphatic carbocycles. The lowest BCUT2D eigenvalue weighted by molar-refractivity contribution is -0.141. The molecule has 0 spiro atoms. The van der Waals surface area contributed by atoms with Crippen LogP contribution in [0.2, 0.25) is 0 Å². The van der Waals surface area contributed by atoms with Gasteiger partial charge in [0.2, 0.25) is 0 Å². The topological polar surface area (TPSA) is 26.3 Å². The predicted octanol–water partition coefficient (Wildman–Crippen LogP) is 1.24. The van der Waals surface area contributed by atoms with Crippen LogP contribution in [0.5, 0.6) is 0 Å². The molecule has 8 heavy (non-hydrogen) atoms. The number of rotatable bonds is 2. The summed E-state index contributed by atoms with van der Waals surface area (Å²) in [5.41, 5.74) is 0. The quantitative estimate of drug-likeness (QED) is 0.477. The number of hydrogen-bond donors (Lipinski definition) is 0. The van der Waals surface area contributed by atoms with E-state index in [0.29, 0.717) is 0 Å². The van der Waals surface area contributed by atoms with Crippen molar-refractivity contribution in [1.82, 2.24) is 0 Å². The summed E-state index contributed by atoms with van der Waals surface area (Å²) >= 11 is 2.55. The summed E-state index contributed by atoms with van der Waals surface area (Å²) in [6, 6.07) is 0. The van der Waals surface area contributed by atoms with Crippen LogP contribution in [0.15, 0.2) is 0 Å². The second kappa shape index (κ2) is 3.83. The molecule has 0 saturated carbocycles. The van der Waals surface area contributed by atoms with Crippen molar-refractivity contribution in [3.8, 4) is 0 Å². The Morgan fingerprint density at radius 3 is 2.62 bits per heavy atom. The first-order valence-corrected chi connectivity index (χ1v) is 2.93. The molecule has 0 saturated heterocycles. The Labute approximate surface area is 55.1 Å². The second-order valence-electron chi connectivity index (χ2n) is 1.17. The molecule has 0 aromatic rings. The number of carbonyl (C=O) groups is 1. The molecule has 0 radical (unpaired) electrons. The first-order chi connectivity index (χ1) is 3.66. The zero-order chi connectivity index (χ0) is 6.57. The molecular formula is C4H6BrFO2. The van der Waals surface area contributed by atoms with Crippen LogP contribution in [0.4, 0.5) is 4.39 Å². The molecule has 0 aliphatic rings. The van der Waals surface area contributed by atoms with Crippen molar-refractivity contribution in [3.05, 3.63) is 0 Å². The minimum atomic E-state index is -1.28. The van der Waals surface area contributed by atoms with E-state index in [4.69, 9.17) is 0 Å². The average Bonchev–Trinajstić information content (AvgIpc) is 1.65. The standard InChI is InChI=1S/C4H6BrFO2/c1-8-4(7)2-3(5)6/h3H,2H2,1H3. The molecule has 0 aromatic carbocycles.